The van der Waals surface area contributed by atoms with Gasteiger partial charge in [-0.2, -0.15) is 0 Å². The number of aryl methyl sites for hydroxylation is 1. The quantitative estimate of drug-likeness (QED) is 0.312. The lowest BCUT2D eigenvalue weighted by Crippen LogP contribution is -2.39. The molecule has 0 saturated carbocycles. The summed E-state index contributed by atoms with van der Waals surface area (Å²) in [6.07, 6.45) is 4.81. The minimum atomic E-state index is 0. The third kappa shape index (κ3) is 4.76. The van der Waals surface area contributed by atoms with E-state index in [1.165, 1.54) is 5.69 Å². The normalized spacial score (nSPS) is 11.5. The average molecular weight is 532 g/mol. The molecule has 0 saturated heterocycles. The second kappa shape index (κ2) is 9.36. The molecule has 3 aromatic heterocycles. The van der Waals surface area contributed by atoms with Crippen LogP contribution >= 0.6 is 39.9 Å². The van der Waals surface area contributed by atoms with E-state index in [1.54, 1.807) is 7.05 Å². The fourth-order valence-corrected chi connectivity index (χ4v) is 3.34. The second-order valence-corrected chi connectivity index (χ2v) is 6.80. The standard InChI is InChI=1S/C17H22BrN7.HI/c1-19-17(24(3)12-14-10-13(18)11-23(14)2)20-8-7-16-22-21-15-6-4-5-9-25(15)16;/h4-6,9-11H,7-8,12H2,1-3H3,(H,19,20);1H. The predicted molar refractivity (Wildman–Crippen MR) is 118 cm³/mol. The second-order valence-electron chi connectivity index (χ2n) is 5.89. The fourth-order valence-electron chi connectivity index (χ4n) is 2.77. The van der Waals surface area contributed by atoms with Gasteiger partial charge in [0.15, 0.2) is 11.6 Å². The molecule has 1 N–H and O–H groups in total. The summed E-state index contributed by atoms with van der Waals surface area (Å²) in [5.74, 6) is 1.79. The van der Waals surface area contributed by atoms with Crippen LogP contribution in [0, 0.1) is 0 Å². The minimum Gasteiger partial charge on any atom is -0.356 e. The number of nitrogens with zero attached hydrogens (tertiary/aromatic N) is 6. The van der Waals surface area contributed by atoms with Crippen molar-refractivity contribution in [1.29, 1.82) is 0 Å². The Bertz CT molecular complexity index is 886. The summed E-state index contributed by atoms with van der Waals surface area (Å²) in [5.41, 5.74) is 2.08. The predicted octanol–water partition coefficient (Wildman–Crippen LogP) is 2.70. The van der Waals surface area contributed by atoms with Gasteiger partial charge in [0, 0.05) is 56.7 Å². The van der Waals surface area contributed by atoms with Gasteiger partial charge >= 0.3 is 0 Å². The highest BCUT2D eigenvalue weighted by atomic mass is 127. The molecule has 0 bridgehead atoms. The summed E-state index contributed by atoms with van der Waals surface area (Å²) < 4.78 is 5.20. The molecule has 3 aromatic rings. The van der Waals surface area contributed by atoms with Crippen molar-refractivity contribution in [2.75, 3.05) is 20.6 Å². The Hall–Kier alpha value is -1.62. The van der Waals surface area contributed by atoms with Crippen LogP contribution in [0.15, 0.2) is 46.1 Å². The highest BCUT2D eigenvalue weighted by Crippen LogP contribution is 2.15. The first kappa shape index (κ1) is 20.7. The highest BCUT2D eigenvalue weighted by molar-refractivity contribution is 14.0. The molecule has 0 fully saturated rings. The summed E-state index contributed by atoms with van der Waals surface area (Å²) >= 11 is 3.51. The van der Waals surface area contributed by atoms with Gasteiger partial charge in [-0.15, -0.1) is 34.2 Å². The maximum absolute atomic E-state index is 4.37. The van der Waals surface area contributed by atoms with Crippen molar-refractivity contribution < 1.29 is 0 Å². The summed E-state index contributed by atoms with van der Waals surface area (Å²) in [6, 6.07) is 8.02. The molecule has 9 heteroatoms. The highest BCUT2D eigenvalue weighted by Gasteiger charge is 2.10. The maximum atomic E-state index is 4.37. The van der Waals surface area contributed by atoms with Gasteiger partial charge in [-0.05, 0) is 34.1 Å². The van der Waals surface area contributed by atoms with E-state index in [4.69, 9.17) is 0 Å². The van der Waals surface area contributed by atoms with E-state index in [-0.39, 0.29) is 24.0 Å². The number of nitrogens with one attached hydrogen (secondary N) is 1. The van der Waals surface area contributed by atoms with Gasteiger partial charge in [-0.25, -0.2) is 0 Å². The first-order valence-corrected chi connectivity index (χ1v) is 8.89. The van der Waals surface area contributed by atoms with Crippen LogP contribution in [-0.2, 0) is 20.0 Å². The number of pyridine rings is 1. The van der Waals surface area contributed by atoms with Crippen molar-refractivity contribution in [3.63, 3.8) is 0 Å². The van der Waals surface area contributed by atoms with Gasteiger partial charge in [-0.3, -0.25) is 9.39 Å². The van der Waals surface area contributed by atoms with Crippen molar-refractivity contribution >= 4 is 51.5 Å². The molecule has 0 radical (unpaired) electrons. The van der Waals surface area contributed by atoms with Gasteiger partial charge in [0.1, 0.15) is 5.82 Å². The number of hydrogen-bond acceptors (Lipinski definition) is 3. The van der Waals surface area contributed by atoms with Crippen molar-refractivity contribution in [2.45, 2.75) is 13.0 Å². The van der Waals surface area contributed by atoms with E-state index in [0.29, 0.717) is 0 Å². The number of halogens is 2. The lowest BCUT2D eigenvalue weighted by atomic mass is 10.3. The van der Waals surface area contributed by atoms with Gasteiger partial charge in [0.25, 0.3) is 0 Å². The molecule has 3 rings (SSSR count). The van der Waals surface area contributed by atoms with Gasteiger partial charge in [0.2, 0.25) is 0 Å². The largest absolute Gasteiger partial charge is 0.356 e. The number of hydrogen-bond donors (Lipinski definition) is 1. The summed E-state index contributed by atoms with van der Waals surface area (Å²) in [4.78, 5) is 6.47. The van der Waals surface area contributed by atoms with E-state index in [0.717, 1.165) is 41.4 Å². The number of aliphatic imine (C=N–C) groups is 1. The molecular weight excluding hydrogens is 509 g/mol. The van der Waals surface area contributed by atoms with E-state index in [2.05, 4.69) is 58.2 Å². The lowest BCUT2D eigenvalue weighted by molar-refractivity contribution is 0.462. The molecule has 0 aliphatic heterocycles. The van der Waals surface area contributed by atoms with E-state index in [1.807, 2.05) is 42.9 Å². The zero-order valence-electron chi connectivity index (χ0n) is 15.1. The Balaban J connectivity index is 0.00000243. The Morgan fingerprint density at radius 2 is 2.15 bits per heavy atom. The fraction of sp³-hybridized carbons (Fsp3) is 0.353. The smallest absolute Gasteiger partial charge is 0.193 e. The van der Waals surface area contributed by atoms with Gasteiger partial charge in [0.05, 0.1) is 6.54 Å². The number of rotatable bonds is 5. The van der Waals surface area contributed by atoms with Crippen LogP contribution in [0.4, 0.5) is 0 Å². The van der Waals surface area contributed by atoms with Gasteiger partial charge < -0.3 is 14.8 Å². The molecule has 0 amide bonds. The molecule has 0 unspecified atom stereocenters. The Kier molecular flexibility index (Phi) is 7.44. The molecule has 0 aromatic carbocycles. The summed E-state index contributed by atoms with van der Waals surface area (Å²) in [7, 11) is 5.87. The van der Waals surface area contributed by atoms with Crippen LogP contribution in [-0.4, -0.2) is 50.7 Å². The van der Waals surface area contributed by atoms with Gasteiger partial charge in [-0.1, -0.05) is 6.07 Å². The van der Waals surface area contributed by atoms with Crippen LogP contribution < -0.4 is 5.32 Å². The van der Waals surface area contributed by atoms with Crippen molar-refractivity contribution in [3.8, 4) is 0 Å². The van der Waals surface area contributed by atoms with Crippen LogP contribution in [0.5, 0.6) is 0 Å². The molecule has 140 valence electrons. The molecule has 3 heterocycles. The van der Waals surface area contributed by atoms with Crippen molar-refractivity contribution in [1.82, 2.24) is 29.4 Å². The number of fused-ring (bicyclic) bond motifs is 1. The summed E-state index contributed by atoms with van der Waals surface area (Å²) in [6.45, 7) is 1.51. The van der Waals surface area contributed by atoms with Crippen LogP contribution in [0.3, 0.4) is 0 Å². The van der Waals surface area contributed by atoms with Crippen LogP contribution in [0.1, 0.15) is 11.5 Å². The molecule has 26 heavy (non-hydrogen) atoms. The van der Waals surface area contributed by atoms with Crippen LogP contribution in [0.25, 0.3) is 5.65 Å². The molecule has 0 atom stereocenters. The van der Waals surface area contributed by atoms with E-state index < -0.39 is 0 Å². The molecule has 7 nitrogen and oxygen atoms in total. The Morgan fingerprint density at radius 1 is 1.35 bits per heavy atom. The number of aromatic nitrogens is 4. The van der Waals surface area contributed by atoms with E-state index >= 15 is 0 Å². The van der Waals surface area contributed by atoms with Crippen LogP contribution in [0.2, 0.25) is 0 Å². The average Bonchev–Trinajstić information content (AvgIpc) is 3.14. The topological polar surface area (TPSA) is 62.8 Å². The van der Waals surface area contributed by atoms with Crippen molar-refractivity contribution in [2.24, 2.45) is 12.0 Å². The first-order chi connectivity index (χ1) is 12.1. The van der Waals surface area contributed by atoms with E-state index in [9.17, 15) is 0 Å². The molecular formula is C17H23BrIN7. The monoisotopic (exact) mass is 531 g/mol. The third-order valence-electron chi connectivity index (χ3n) is 4.06. The molecule has 0 aliphatic carbocycles. The zero-order chi connectivity index (χ0) is 17.8. The maximum Gasteiger partial charge on any atom is 0.193 e. The number of guanidine groups is 1. The minimum absolute atomic E-state index is 0. The summed E-state index contributed by atoms with van der Waals surface area (Å²) in [5, 5.41) is 11.8. The first-order valence-electron chi connectivity index (χ1n) is 8.09. The Morgan fingerprint density at radius 3 is 2.85 bits per heavy atom. The SMILES string of the molecule is CN=C(NCCc1nnc2ccccn12)N(C)Cc1cc(Br)cn1C.I. The lowest BCUT2D eigenvalue weighted by Gasteiger charge is -2.22. The third-order valence-corrected chi connectivity index (χ3v) is 4.50. The molecule has 0 aliphatic rings. The Labute approximate surface area is 178 Å². The zero-order valence-corrected chi connectivity index (χ0v) is 19.0. The molecule has 0 spiro atoms. The van der Waals surface area contributed by atoms with Crippen molar-refractivity contribution in [3.05, 3.63) is 52.7 Å².